The predicted molar refractivity (Wildman–Crippen MR) is 118 cm³/mol. The van der Waals surface area contributed by atoms with Crippen molar-refractivity contribution in [3.63, 3.8) is 0 Å². The number of pyridine rings is 1. The zero-order chi connectivity index (χ0) is 21.2. The van der Waals surface area contributed by atoms with Gasteiger partial charge in [0, 0.05) is 37.6 Å². The Labute approximate surface area is 174 Å². The maximum atomic E-state index is 13.1. The zero-order valence-corrected chi connectivity index (χ0v) is 18.5. The predicted octanol–water partition coefficient (Wildman–Crippen LogP) is 4.46. The van der Waals surface area contributed by atoms with Crippen molar-refractivity contribution in [2.24, 2.45) is 12.5 Å². The van der Waals surface area contributed by atoms with Gasteiger partial charge in [0.1, 0.15) is 5.82 Å². The first-order chi connectivity index (χ1) is 13.7. The molecule has 2 aromatic heterocycles. The van der Waals surface area contributed by atoms with Gasteiger partial charge in [0.2, 0.25) is 0 Å². The van der Waals surface area contributed by atoms with Gasteiger partial charge in [-0.15, -0.1) is 0 Å². The molecule has 156 valence electrons. The topological polar surface area (TPSA) is 63.1 Å². The quantitative estimate of drug-likeness (QED) is 0.830. The van der Waals surface area contributed by atoms with Crippen molar-refractivity contribution in [3.8, 4) is 11.3 Å². The van der Waals surface area contributed by atoms with Gasteiger partial charge in [-0.3, -0.25) is 9.48 Å². The van der Waals surface area contributed by atoms with Crippen molar-refractivity contribution in [2.45, 2.75) is 53.9 Å². The second-order valence-corrected chi connectivity index (χ2v) is 8.86. The van der Waals surface area contributed by atoms with Crippen LogP contribution in [-0.4, -0.2) is 33.8 Å². The van der Waals surface area contributed by atoms with E-state index in [1.165, 1.54) is 6.42 Å². The minimum atomic E-state index is -0.0955. The Hall–Kier alpha value is -2.63. The molecule has 3 heterocycles. The molecule has 0 atom stereocenters. The minimum absolute atomic E-state index is 0.0955. The van der Waals surface area contributed by atoms with Crippen LogP contribution in [0.25, 0.3) is 11.3 Å². The summed E-state index contributed by atoms with van der Waals surface area (Å²) in [6, 6.07) is 1.99. The number of anilines is 1. The maximum Gasteiger partial charge on any atom is 0.259 e. The lowest BCUT2D eigenvalue weighted by Crippen LogP contribution is -2.31. The summed E-state index contributed by atoms with van der Waals surface area (Å²) in [6.07, 6.45) is 9.05. The van der Waals surface area contributed by atoms with Crippen LogP contribution in [0.3, 0.4) is 0 Å². The highest BCUT2D eigenvalue weighted by atomic mass is 16.1. The summed E-state index contributed by atoms with van der Waals surface area (Å²) in [6.45, 7) is 12.3. The highest BCUT2D eigenvalue weighted by molar-refractivity contribution is 6.01. The number of aryl methyl sites for hydroxylation is 2. The maximum absolute atomic E-state index is 13.1. The second kappa shape index (κ2) is 8.39. The Bertz CT molecular complexity index is 925. The molecule has 0 radical (unpaired) electrons. The molecule has 1 saturated heterocycles. The summed E-state index contributed by atoms with van der Waals surface area (Å²) in [7, 11) is 1.90. The summed E-state index contributed by atoms with van der Waals surface area (Å²) < 4.78 is 1.77. The van der Waals surface area contributed by atoms with Gasteiger partial charge in [-0.2, -0.15) is 5.10 Å². The Morgan fingerprint density at radius 1 is 1.28 bits per heavy atom. The molecular weight excluding hydrogens is 362 g/mol. The van der Waals surface area contributed by atoms with E-state index < -0.39 is 0 Å². The normalized spacial score (nSPS) is 17.2. The number of nitrogens with one attached hydrogen (secondary N) is 1. The van der Waals surface area contributed by atoms with E-state index in [4.69, 9.17) is 4.98 Å². The molecular formula is C23H33N5O. The van der Waals surface area contributed by atoms with Crippen molar-refractivity contribution in [2.75, 3.05) is 18.0 Å². The van der Waals surface area contributed by atoms with E-state index in [1.807, 2.05) is 52.4 Å². The van der Waals surface area contributed by atoms with Crippen LogP contribution in [0, 0.1) is 12.3 Å². The van der Waals surface area contributed by atoms with E-state index in [9.17, 15) is 4.79 Å². The Kier molecular flexibility index (Phi) is 6.10. The molecule has 0 saturated carbocycles. The van der Waals surface area contributed by atoms with E-state index in [0.29, 0.717) is 11.0 Å². The monoisotopic (exact) mass is 395 g/mol. The van der Waals surface area contributed by atoms with Crippen molar-refractivity contribution < 1.29 is 4.79 Å². The molecule has 0 bridgehead atoms. The Balaban J connectivity index is 2.08. The largest absolute Gasteiger partial charge is 0.356 e. The highest BCUT2D eigenvalue weighted by Crippen LogP contribution is 2.34. The SMILES string of the molecule is C/C=C(\C)NC(=O)c1c(C)cc(-c2cnn(C)c2)nc1N1CCCC(C)(C)CC1. The lowest BCUT2D eigenvalue weighted by atomic mass is 9.85. The average molecular weight is 396 g/mol. The number of hydrogen-bond donors (Lipinski definition) is 1. The fraction of sp³-hybridized carbons (Fsp3) is 0.522. The molecule has 0 unspecified atom stereocenters. The minimum Gasteiger partial charge on any atom is -0.356 e. The second-order valence-electron chi connectivity index (χ2n) is 8.86. The van der Waals surface area contributed by atoms with Crippen LogP contribution in [0.2, 0.25) is 0 Å². The van der Waals surface area contributed by atoms with Crippen LogP contribution in [0.1, 0.15) is 62.9 Å². The molecule has 1 N–H and O–H groups in total. The summed E-state index contributed by atoms with van der Waals surface area (Å²) in [5.41, 5.74) is 4.57. The van der Waals surface area contributed by atoms with Gasteiger partial charge < -0.3 is 10.2 Å². The molecule has 1 amide bonds. The lowest BCUT2D eigenvalue weighted by molar-refractivity contribution is 0.0965. The van der Waals surface area contributed by atoms with Gasteiger partial charge in [-0.25, -0.2) is 4.98 Å². The molecule has 29 heavy (non-hydrogen) atoms. The summed E-state index contributed by atoms with van der Waals surface area (Å²) in [5, 5.41) is 7.28. The first-order valence-corrected chi connectivity index (χ1v) is 10.4. The first-order valence-electron chi connectivity index (χ1n) is 10.4. The number of rotatable bonds is 4. The van der Waals surface area contributed by atoms with Gasteiger partial charge in [0.25, 0.3) is 5.91 Å². The molecule has 6 heteroatoms. The van der Waals surface area contributed by atoms with Gasteiger partial charge in [-0.05, 0) is 57.1 Å². The van der Waals surface area contributed by atoms with E-state index in [2.05, 4.69) is 29.2 Å². The van der Waals surface area contributed by atoms with Crippen LogP contribution in [-0.2, 0) is 7.05 Å². The number of carbonyl (C=O) groups is 1. The number of allylic oxidation sites excluding steroid dienone is 2. The van der Waals surface area contributed by atoms with E-state index in [1.54, 1.807) is 4.68 Å². The molecule has 6 nitrogen and oxygen atoms in total. The highest BCUT2D eigenvalue weighted by Gasteiger charge is 2.28. The molecule has 3 rings (SSSR count). The first kappa shape index (κ1) is 21.1. The fourth-order valence-electron chi connectivity index (χ4n) is 3.82. The molecule has 0 spiro atoms. The number of amides is 1. The fourth-order valence-corrected chi connectivity index (χ4v) is 3.82. The Morgan fingerprint density at radius 2 is 2.03 bits per heavy atom. The molecule has 0 aromatic carbocycles. The summed E-state index contributed by atoms with van der Waals surface area (Å²) in [4.78, 5) is 20.4. The summed E-state index contributed by atoms with van der Waals surface area (Å²) >= 11 is 0. The molecule has 1 fully saturated rings. The van der Waals surface area contributed by atoms with Crippen LogP contribution in [0.5, 0.6) is 0 Å². The number of hydrogen-bond acceptors (Lipinski definition) is 4. The van der Waals surface area contributed by atoms with Crippen molar-refractivity contribution in [1.29, 1.82) is 0 Å². The van der Waals surface area contributed by atoms with Crippen LogP contribution in [0.15, 0.2) is 30.2 Å². The van der Waals surface area contributed by atoms with Gasteiger partial charge in [-0.1, -0.05) is 19.9 Å². The third-order valence-corrected chi connectivity index (χ3v) is 5.81. The van der Waals surface area contributed by atoms with E-state index >= 15 is 0 Å². The molecule has 1 aliphatic heterocycles. The van der Waals surface area contributed by atoms with Crippen LogP contribution >= 0.6 is 0 Å². The van der Waals surface area contributed by atoms with Gasteiger partial charge >= 0.3 is 0 Å². The third kappa shape index (κ3) is 4.86. The van der Waals surface area contributed by atoms with Crippen molar-refractivity contribution >= 4 is 11.7 Å². The lowest BCUT2D eigenvalue weighted by Gasteiger charge is -2.27. The third-order valence-electron chi connectivity index (χ3n) is 5.81. The van der Waals surface area contributed by atoms with Gasteiger partial charge in [0.15, 0.2) is 0 Å². The Morgan fingerprint density at radius 3 is 2.69 bits per heavy atom. The summed E-state index contributed by atoms with van der Waals surface area (Å²) in [5.74, 6) is 0.685. The van der Waals surface area contributed by atoms with Crippen LogP contribution in [0.4, 0.5) is 5.82 Å². The standard InChI is InChI=1S/C23H33N5O/c1-7-17(3)25-22(29)20-16(2)13-19(18-14-24-27(6)15-18)26-21(20)28-11-8-9-23(4,5)10-12-28/h7,13-15H,8-12H2,1-6H3,(H,25,29)/b17-7+. The van der Waals surface area contributed by atoms with Crippen molar-refractivity contribution in [1.82, 2.24) is 20.1 Å². The molecule has 2 aromatic rings. The van der Waals surface area contributed by atoms with E-state index in [0.717, 1.165) is 54.3 Å². The molecule has 0 aliphatic carbocycles. The molecule has 1 aliphatic rings. The number of nitrogens with zero attached hydrogens (tertiary/aromatic N) is 4. The van der Waals surface area contributed by atoms with Gasteiger partial charge in [0.05, 0.1) is 17.5 Å². The van der Waals surface area contributed by atoms with Crippen molar-refractivity contribution in [3.05, 3.63) is 41.4 Å². The smallest absolute Gasteiger partial charge is 0.259 e. The van der Waals surface area contributed by atoms with Crippen LogP contribution < -0.4 is 10.2 Å². The number of aromatic nitrogens is 3. The number of carbonyl (C=O) groups excluding carboxylic acids is 1. The average Bonchev–Trinajstić information content (AvgIpc) is 3.01. The zero-order valence-electron chi connectivity index (χ0n) is 18.5. The van der Waals surface area contributed by atoms with E-state index in [-0.39, 0.29) is 5.91 Å².